The van der Waals surface area contributed by atoms with Crippen LogP contribution in [0.4, 0.5) is 5.69 Å². The van der Waals surface area contributed by atoms with Crippen molar-refractivity contribution >= 4 is 23.6 Å². The predicted octanol–water partition coefficient (Wildman–Crippen LogP) is 2.22. The minimum Gasteiger partial charge on any atom is -0.465 e. The summed E-state index contributed by atoms with van der Waals surface area (Å²) in [6.07, 6.45) is 6.15. The number of benzene rings is 1. The molecule has 2 amide bonds. The van der Waals surface area contributed by atoms with Crippen LogP contribution >= 0.6 is 0 Å². The number of hydrogen-bond donors (Lipinski definition) is 2. The smallest absolute Gasteiger partial charge is 0.269 e. The van der Waals surface area contributed by atoms with Gasteiger partial charge in [0.25, 0.3) is 5.91 Å². The second-order valence-corrected chi connectivity index (χ2v) is 4.89. The Morgan fingerprint density at radius 3 is 2.58 bits per heavy atom. The van der Waals surface area contributed by atoms with Gasteiger partial charge in [0.1, 0.15) is 11.5 Å². The predicted molar refractivity (Wildman–Crippen MR) is 88.5 cm³/mol. The highest BCUT2D eigenvalue weighted by Gasteiger charge is 2.06. The molecule has 0 spiro atoms. The Bertz CT molecular complexity index is 877. The highest BCUT2D eigenvalue weighted by atomic mass is 16.3. The summed E-state index contributed by atoms with van der Waals surface area (Å²) in [6.45, 7) is 0. The molecule has 24 heavy (non-hydrogen) atoms. The minimum absolute atomic E-state index is 0.190. The summed E-state index contributed by atoms with van der Waals surface area (Å²) in [5, 5.41) is 6.80. The van der Waals surface area contributed by atoms with Crippen LogP contribution in [0.2, 0.25) is 0 Å². The van der Waals surface area contributed by atoms with E-state index in [1.807, 2.05) is 0 Å². The van der Waals surface area contributed by atoms with Crippen LogP contribution in [-0.4, -0.2) is 21.6 Å². The van der Waals surface area contributed by atoms with Crippen LogP contribution in [0.15, 0.2) is 65.4 Å². The number of carbonyl (C=O) groups excluding carboxylic acids is 2. The summed E-state index contributed by atoms with van der Waals surface area (Å²) in [5.41, 5.74) is 6.74. The summed E-state index contributed by atoms with van der Waals surface area (Å²) < 4.78 is 6.64. The normalized spacial score (nSPS) is 10.8. The number of furan rings is 1. The maximum absolute atomic E-state index is 11.8. The van der Waals surface area contributed by atoms with Crippen LogP contribution < -0.4 is 11.1 Å². The van der Waals surface area contributed by atoms with Crippen LogP contribution in [0.3, 0.4) is 0 Å². The largest absolute Gasteiger partial charge is 0.465 e. The van der Waals surface area contributed by atoms with E-state index in [2.05, 4.69) is 10.4 Å². The number of carbonyl (C=O) groups is 2. The van der Waals surface area contributed by atoms with Gasteiger partial charge in [0, 0.05) is 18.0 Å². The number of nitrogens with two attached hydrogens (primary N) is 1. The fourth-order valence-electron chi connectivity index (χ4n) is 2.02. The Morgan fingerprint density at radius 2 is 1.96 bits per heavy atom. The molecule has 120 valence electrons. The topological polar surface area (TPSA) is 103 Å². The van der Waals surface area contributed by atoms with Crippen molar-refractivity contribution in [3.63, 3.8) is 0 Å². The number of nitrogens with zero attached hydrogens (tertiary/aromatic N) is 2. The Labute approximate surface area is 137 Å². The number of amides is 2. The number of hydrogen-bond acceptors (Lipinski definition) is 4. The molecule has 1 aromatic carbocycles. The van der Waals surface area contributed by atoms with Crippen molar-refractivity contribution in [1.82, 2.24) is 9.78 Å². The van der Waals surface area contributed by atoms with Gasteiger partial charge < -0.3 is 15.5 Å². The van der Waals surface area contributed by atoms with E-state index in [0.29, 0.717) is 11.4 Å². The third kappa shape index (κ3) is 3.58. The van der Waals surface area contributed by atoms with Gasteiger partial charge in [0.2, 0.25) is 5.91 Å². The van der Waals surface area contributed by atoms with Gasteiger partial charge in [-0.1, -0.05) is 0 Å². The van der Waals surface area contributed by atoms with Gasteiger partial charge >= 0.3 is 0 Å². The average Bonchev–Trinajstić information content (AvgIpc) is 3.25. The van der Waals surface area contributed by atoms with Crippen LogP contribution in [-0.2, 0) is 4.79 Å². The van der Waals surface area contributed by atoms with E-state index >= 15 is 0 Å². The molecule has 3 aromatic rings. The summed E-state index contributed by atoms with van der Waals surface area (Å²) in [6, 6.07) is 12.0. The van der Waals surface area contributed by atoms with Crippen molar-refractivity contribution in [3.05, 3.63) is 72.5 Å². The van der Waals surface area contributed by atoms with Gasteiger partial charge in [-0.15, -0.1) is 0 Å². The monoisotopic (exact) mass is 322 g/mol. The summed E-state index contributed by atoms with van der Waals surface area (Å²) in [4.78, 5) is 22.9. The first-order valence-corrected chi connectivity index (χ1v) is 7.10. The molecule has 0 atom stereocenters. The number of primary amides is 1. The molecule has 3 N–H and O–H groups in total. The van der Waals surface area contributed by atoms with Gasteiger partial charge in [-0.25, -0.2) is 4.68 Å². The molecular formula is C17H14N4O3. The maximum Gasteiger partial charge on any atom is 0.269 e. The Morgan fingerprint density at radius 1 is 1.17 bits per heavy atom. The first-order chi connectivity index (χ1) is 11.6. The third-order valence-electron chi connectivity index (χ3n) is 3.18. The molecule has 7 heteroatoms. The first kappa shape index (κ1) is 15.3. The zero-order valence-electron chi connectivity index (χ0n) is 12.5. The van der Waals surface area contributed by atoms with Crippen LogP contribution in [0.25, 0.3) is 11.8 Å². The van der Waals surface area contributed by atoms with Gasteiger partial charge in [0.15, 0.2) is 0 Å². The van der Waals surface area contributed by atoms with Crippen molar-refractivity contribution in [2.24, 2.45) is 5.73 Å². The zero-order chi connectivity index (χ0) is 16.9. The molecule has 0 radical (unpaired) electrons. The molecule has 0 aliphatic rings. The van der Waals surface area contributed by atoms with Crippen LogP contribution in [0, 0.1) is 0 Å². The third-order valence-corrected chi connectivity index (χ3v) is 3.18. The van der Waals surface area contributed by atoms with E-state index in [1.165, 1.54) is 23.1 Å². The van der Waals surface area contributed by atoms with Crippen molar-refractivity contribution < 1.29 is 14.0 Å². The molecule has 0 aliphatic carbocycles. The van der Waals surface area contributed by atoms with E-state index < -0.39 is 5.91 Å². The summed E-state index contributed by atoms with van der Waals surface area (Å²) >= 11 is 0. The molecular weight excluding hydrogens is 308 g/mol. The molecule has 2 heterocycles. The molecule has 2 aromatic heterocycles. The molecule has 3 rings (SSSR count). The van der Waals surface area contributed by atoms with E-state index in [0.717, 1.165) is 5.69 Å². The highest BCUT2D eigenvalue weighted by molar-refractivity contribution is 6.01. The molecule has 0 bridgehead atoms. The number of rotatable bonds is 5. The second kappa shape index (κ2) is 6.66. The lowest BCUT2D eigenvalue weighted by atomic mass is 10.2. The SMILES string of the molecule is NC(=O)c1ccn(-c2ccc(NC(=O)/C=C\c3ccco3)cc2)n1. The maximum atomic E-state index is 11.8. The molecule has 7 nitrogen and oxygen atoms in total. The quantitative estimate of drug-likeness (QED) is 0.703. The lowest BCUT2D eigenvalue weighted by Crippen LogP contribution is -2.12. The Balaban J connectivity index is 1.65. The Kier molecular flexibility index (Phi) is 4.24. The lowest BCUT2D eigenvalue weighted by molar-refractivity contribution is -0.111. The van der Waals surface area contributed by atoms with Gasteiger partial charge in [-0.05, 0) is 48.5 Å². The summed E-state index contributed by atoms with van der Waals surface area (Å²) in [5.74, 6) is -0.250. The van der Waals surface area contributed by atoms with Gasteiger partial charge in [-0.3, -0.25) is 9.59 Å². The van der Waals surface area contributed by atoms with Crippen molar-refractivity contribution in [3.8, 4) is 5.69 Å². The van der Waals surface area contributed by atoms with Crippen molar-refractivity contribution in [1.29, 1.82) is 0 Å². The van der Waals surface area contributed by atoms with E-state index in [4.69, 9.17) is 10.2 Å². The van der Waals surface area contributed by atoms with E-state index in [-0.39, 0.29) is 11.6 Å². The fourth-order valence-corrected chi connectivity index (χ4v) is 2.02. The lowest BCUT2D eigenvalue weighted by Gasteiger charge is -2.05. The number of nitrogens with one attached hydrogen (secondary N) is 1. The van der Waals surface area contributed by atoms with Crippen molar-refractivity contribution in [2.75, 3.05) is 5.32 Å². The highest BCUT2D eigenvalue weighted by Crippen LogP contribution is 2.13. The van der Waals surface area contributed by atoms with Crippen LogP contribution in [0.1, 0.15) is 16.2 Å². The first-order valence-electron chi connectivity index (χ1n) is 7.10. The average molecular weight is 322 g/mol. The van der Waals surface area contributed by atoms with Crippen LogP contribution in [0.5, 0.6) is 0 Å². The summed E-state index contributed by atoms with van der Waals surface area (Å²) in [7, 11) is 0. The van der Waals surface area contributed by atoms with E-state index in [1.54, 1.807) is 48.7 Å². The molecule has 0 saturated carbocycles. The molecule has 0 unspecified atom stereocenters. The number of aromatic nitrogens is 2. The van der Waals surface area contributed by atoms with Crippen molar-refractivity contribution in [2.45, 2.75) is 0 Å². The van der Waals surface area contributed by atoms with E-state index in [9.17, 15) is 9.59 Å². The van der Waals surface area contributed by atoms with Gasteiger partial charge in [-0.2, -0.15) is 5.10 Å². The standard InChI is InChI=1S/C17H14N4O3/c18-17(23)15-9-10-21(20-15)13-5-3-12(4-6-13)19-16(22)8-7-14-2-1-11-24-14/h1-11H,(H2,18,23)(H,19,22)/b8-7-. The molecule has 0 saturated heterocycles. The number of anilines is 1. The second-order valence-electron chi connectivity index (χ2n) is 4.89. The zero-order valence-corrected chi connectivity index (χ0v) is 12.5. The molecule has 0 aliphatic heterocycles. The van der Waals surface area contributed by atoms with Gasteiger partial charge in [0.05, 0.1) is 12.0 Å². The fraction of sp³-hybridized carbons (Fsp3) is 0. The molecule has 0 fully saturated rings. The Hall–Kier alpha value is -3.61. The minimum atomic E-state index is -0.582.